The van der Waals surface area contributed by atoms with Crippen molar-refractivity contribution < 1.29 is 14.5 Å². The van der Waals surface area contributed by atoms with Crippen LogP contribution in [0.3, 0.4) is 0 Å². The van der Waals surface area contributed by atoms with Gasteiger partial charge in [-0.15, -0.1) is 0 Å². The molecule has 140 valence electrons. The molecule has 2 aromatic carbocycles. The standard InChI is InChI=1S/C18H15Cl2N3O4/c19-12-3-1-4-14(9-12)22(11-21-8-2-5-17(21)24)18(25)15-10-13(20)6-7-16(15)23(26)27/h1,3-4,6-7,9-10H,2,5,8,11H2. The first kappa shape index (κ1) is 19.1. The van der Waals surface area contributed by atoms with E-state index in [9.17, 15) is 19.7 Å². The normalized spacial score (nSPS) is 13.7. The molecule has 0 aromatic heterocycles. The smallest absolute Gasteiger partial charge is 0.282 e. The molecule has 1 aliphatic heterocycles. The Morgan fingerprint density at radius 3 is 2.56 bits per heavy atom. The molecule has 27 heavy (non-hydrogen) atoms. The van der Waals surface area contributed by atoms with E-state index >= 15 is 0 Å². The number of benzene rings is 2. The van der Waals surface area contributed by atoms with E-state index in [0.29, 0.717) is 30.1 Å². The minimum atomic E-state index is -0.638. The fraction of sp³-hybridized carbons (Fsp3) is 0.222. The first-order valence-electron chi connectivity index (χ1n) is 8.16. The Hall–Kier alpha value is -2.64. The molecule has 0 N–H and O–H groups in total. The molecule has 2 aromatic rings. The fourth-order valence-electron chi connectivity index (χ4n) is 2.92. The van der Waals surface area contributed by atoms with Gasteiger partial charge < -0.3 is 4.90 Å². The van der Waals surface area contributed by atoms with Crippen LogP contribution in [0.5, 0.6) is 0 Å². The highest BCUT2D eigenvalue weighted by molar-refractivity contribution is 6.31. The summed E-state index contributed by atoms with van der Waals surface area (Å²) in [4.78, 5) is 38.8. The van der Waals surface area contributed by atoms with Crippen molar-refractivity contribution >= 4 is 46.4 Å². The SMILES string of the molecule is O=C1CCCN1CN(C(=O)c1cc(Cl)ccc1[N+](=O)[O-])c1cccc(Cl)c1. The highest BCUT2D eigenvalue weighted by atomic mass is 35.5. The number of nitro benzene ring substituents is 1. The first-order chi connectivity index (χ1) is 12.9. The van der Waals surface area contributed by atoms with E-state index in [1.807, 2.05) is 0 Å². The van der Waals surface area contributed by atoms with Crippen molar-refractivity contribution in [3.63, 3.8) is 0 Å². The lowest BCUT2D eigenvalue weighted by Gasteiger charge is -2.28. The van der Waals surface area contributed by atoms with E-state index in [4.69, 9.17) is 23.2 Å². The molecule has 0 bridgehead atoms. The van der Waals surface area contributed by atoms with E-state index in [1.54, 1.807) is 24.3 Å². The van der Waals surface area contributed by atoms with Crippen molar-refractivity contribution in [2.45, 2.75) is 12.8 Å². The topological polar surface area (TPSA) is 83.8 Å². The fourth-order valence-corrected chi connectivity index (χ4v) is 3.27. The highest BCUT2D eigenvalue weighted by Gasteiger charge is 2.30. The Balaban J connectivity index is 2.04. The van der Waals surface area contributed by atoms with Gasteiger partial charge >= 0.3 is 0 Å². The van der Waals surface area contributed by atoms with Crippen molar-refractivity contribution in [3.05, 3.63) is 68.2 Å². The molecule has 0 aliphatic carbocycles. The predicted octanol–water partition coefficient (Wildman–Crippen LogP) is 4.13. The number of carbonyl (C=O) groups is 2. The van der Waals surface area contributed by atoms with Crippen molar-refractivity contribution in [3.8, 4) is 0 Å². The van der Waals surface area contributed by atoms with Gasteiger partial charge in [0.2, 0.25) is 5.91 Å². The Kier molecular flexibility index (Phi) is 5.62. The number of likely N-dealkylation sites (tertiary alicyclic amines) is 1. The van der Waals surface area contributed by atoms with Crippen LogP contribution < -0.4 is 4.90 Å². The minimum absolute atomic E-state index is 0.0261. The van der Waals surface area contributed by atoms with Crippen LogP contribution in [0.25, 0.3) is 0 Å². The zero-order valence-corrected chi connectivity index (χ0v) is 15.6. The third kappa shape index (κ3) is 4.20. The average Bonchev–Trinajstić information content (AvgIpc) is 3.03. The molecule has 1 heterocycles. The number of nitrogens with zero attached hydrogens (tertiary/aromatic N) is 3. The van der Waals surface area contributed by atoms with Gasteiger partial charge in [0.1, 0.15) is 12.2 Å². The molecule has 7 nitrogen and oxygen atoms in total. The molecule has 9 heteroatoms. The molecule has 0 radical (unpaired) electrons. The van der Waals surface area contributed by atoms with Crippen LogP contribution in [-0.2, 0) is 4.79 Å². The summed E-state index contributed by atoms with van der Waals surface area (Å²) in [5.74, 6) is -0.707. The molecule has 0 spiro atoms. The van der Waals surface area contributed by atoms with E-state index in [0.717, 1.165) is 0 Å². The quantitative estimate of drug-likeness (QED) is 0.550. The second kappa shape index (κ2) is 7.94. The summed E-state index contributed by atoms with van der Waals surface area (Å²) < 4.78 is 0. The Morgan fingerprint density at radius 2 is 1.93 bits per heavy atom. The third-order valence-electron chi connectivity index (χ3n) is 4.23. The summed E-state index contributed by atoms with van der Waals surface area (Å²) >= 11 is 12.0. The molecule has 1 aliphatic rings. The second-order valence-corrected chi connectivity index (χ2v) is 6.91. The molecule has 0 unspecified atom stereocenters. The first-order valence-corrected chi connectivity index (χ1v) is 8.91. The summed E-state index contributed by atoms with van der Waals surface area (Å²) in [6.45, 7) is 0.489. The lowest BCUT2D eigenvalue weighted by molar-refractivity contribution is -0.385. The number of rotatable bonds is 5. The largest absolute Gasteiger partial charge is 0.324 e. The highest BCUT2D eigenvalue weighted by Crippen LogP contribution is 2.28. The van der Waals surface area contributed by atoms with Crippen molar-refractivity contribution in [2.24, 2.45) is 0 Å². The Bertz CT molecular complexity index is 919. The Morgan fingerprint density at radius 1 is 1.19 bits per heavy atom. The number of halogens is 2. The molecule has 0 atom stereocenters. The maximum Gasteiger partial charge on any atom is 0.282 e. The maximum absolute atomic E-state index is 13.2. The third-order valence-corrected chi connectivity index (χ3v) is 4.70. The van der Waals surface area contributed by atoms with Gasteiger partial charge in [-0.3, -0.25) is 24.6 Å². The van der Waals surface area contributed by atoms with Crippen LogP contribution in [0.15, 0.2) is 42.5 Å². The van der Waals surface area contributed by atoms with Gasteiger partial charge in [-0.25, -0.2) is 0 Å². The van der Waals surface area contributed by atoms with Crippen molar-refractivity contribution in [1.29, 1.82) is 0 Å². The van der Waals surface area contributed by atoms with Crippen LogP contribution >= 0.6 is 23.2 Å². The number of carbonyl (C=O) groups excluding carboxylic acids is 2. The number of hydrogen-bond acceptors (Lipinski definition) is 4. The van der Waals surface area contributed by atoms with E-state index < -0.39 is 10.8 Å². The number of amides is 2. The van der Waals surface area contributed by atoms with Crippen molar-refractivity contribution in [2.75, 3.05) is 18.1 Å². The summed E-state index contributed by atoms with van der Waals surface area (Å²) in [5, 5.41) is 12.0. The molecular weight excluding hydrogens is 393 g/mol. The Labute approximate surface area is 165 Å². The minimum Gasteiger partial charge on any atom is -0.324 e. The van der Waals surface area contributed by atoms with E-state index in [1.165, 1.54) is 28.0 Å². The molecule has 1 saturated heterocycles. The van der Waals surface area contributed by atoms with Crippen LogP contribution in [0.4, 0.5) is 11.4 Å². The van der Waals surface area contributed by atoms with Crippen LogP contribution in [0.1, 0.15) is 23.2 Å². The summed E-state index contributed by atoms with van der Waals surface area (Å²) in [6.07, 6.45) is 1.11. The van der Waals surface area contributed by atoms with Crippen molar-refractivity contribution in [1.82, 2.24) is 4.90 Å². The van der Waals surface area contributed by atoms with Crippen LogP contribution in [-0.4, -0.2) is 34.9 Å². The van der Waals surface area contributed by atoms with Gasteiger partial charge in [-0.2, -0.15) is 0 Å². The second-order valence-electron chi connectivity index (χ2n) is 6.03. The summed E-state index contributed by atoms with van der Waals surface area (Å²) in [7, 11) is 0. The lowest BCUT2D eigenvalue weighted by Crippen LogP contribution is -2.42. The maximum atomic E-state index is 13.2. The zero-order chi connectivity index (χ0) is 19.6. The number of anilines is 1. The van der Waals surface area contributed by atoms with Gasteiger partial charge in [0.15, 0.2) is 0 Å². The summed E-state index contributed by atoms with van der Waals surface area (Å²) in [5.41, 5.74) is -0.0789. The van der Waals surface area contributed by atoms with Crippen LogP contribution in [0, 0.1) is 10.1 Å². The lowest BCUT2D eigenvalue weighted by atomic mass is 10.1. The van der Waals surface area contributed by atoms with Gasteiger partial charge in [0, 0.05) is 34.8 Å². The number of hydrogen-bond donors (Lipinski definition) is 0. The predicted molar refractivity (Wildman–Crippen MR) is 102 cm³/mol. The molecule has 1 fully saturated rings. The zero-order valence-electron chi connectivity index (χ0n) is 14.1. The summed E-state index contributed by atoms with van der Waals surface area (Å²) in [6, 6.07) is 10.3. The molecule has 3 rings (SSSR count). The van der Waals surface area contributed by atoms with E-state index in [2.05, 4.69) is 0 Å². The van der Waals surface area contributed by atoms with Crippen LogP contribution in [0.2, 0.25) is 10.0 Å². The van der Waals surface area contributed by atoms with Gasteiger partial charge in [0.05, 0.1) is 4.92 Å². The molecule has 0 saturated carbocycles. The molecular formula is C18H15Cl2N3O4. The average molecular weight is 408 g/mol. The molecule has 2 amide bonds. The van der Waals surface area contributed by atoms with E-state index in [-0.39, 0.29) is 28.8 Å². The van der Waals surface area contributed by atoms with Gasteiger partial charge in [0.25, 0.3) is 11.6 Å². The van der Waals surface area contributed by atoms with Gasteiger partial charge in [-0.1, -0.05) is 29.3 Å². The number of nitro groups is 1. The van der Waals surface area contributed by atoms with Gasteiger partial charge in [-0.05, 0) is 36.8 Å². The monoisotopic (exact) mass is 407 g/mol.